The number of nitrogens with one attached hydrogen (secondary N) is 3. The minimum Gasteiger partial charge on any atom is -0.497 e. The summed E-state index contributed by atoms with van der Waals surface area (Å²) in [4.78, 5) is 36.8. The molecule has 1 aliphatic rings. The first-order chi connectivity index (χ1) is 14.8. The maximum Gasteiger partial charge on any atom is 0.408 e. The van der Waals surface area contributed by atoms with Crippen LogP contribution in [0.1, 0.15) is 38.7 Å². The van der Waals surface area contributed by atoms with E-state index >= 15 is 0 Å². The van der Waals surface area contributed by atoms with Gasteiger partial charge in [0, 0.05) is 12.5 Å². The van der Waals surface area contributed by atoms with Crippen LogP contribution in [0.4, 0.5) is 4.79 Å². The zero-order chi connectivity index (χ0) is 22.8. The number of hydrogen-bond donors (Lipinski definition) is 4. The van der Waals surface area contributed by atoms with E-state index in [0.717, 1.165) is 5.56 Å². The molecule has 0 saturated carbocycles. The normalized spacial score (nSPS) is 17.6. The Morgan fingerprint density at radius 3 is 2.48 bits per heavy atom. The number of aliphatic hydroxyl groups is 1. The first kappa shape index (κ1) is 24.5. The topological polar surface area (TPSA) is 126 Å². The molecule has 1 aliphatic heterocycles. The van der Waals surface area contributed by atoms with E-state index in [1.54, 1.807) is 31.4 Å². The minimum absolute atomic E-state index is 0.0574. The molecule has 3 amide bonds. The maximum atomic E-state index is 12.8. The van der Waals surface area contributed by atoms with Gasteiger partial charge in [-0.1, -0.05) is 26.0 Å². The number of ether oxygens (including phenoxy) is 2. The van der Waals surface area contributed by atoms with Crippen LogP contribution < -0.4 is 20.7 Å². The van der Waals surface area contributed by atoms with Crippen molar-refractivity contribution in [2.75, 3.05) is 20.3 Å². The van der Waals surface area contributed by atoms with Gasteiger partial charge in [0.2, 0.25) is 11.8 Å². The molecule has 0 aliphatic carbocycles. The maximum absolute atomic E-state index is 12.8. The lowest BCUT2D eigenvalue weighted by Crippen LogP contribution is -2.51. The average Bonchev–Trinajstić information content (AvgIpc) is 3.15. The number of carbonyl (C=O) groups is 3. The zero-order valence-electron chi connectivity index (χ0n) is 18.3. The number of alkyl carbamates (subject to hydrolysis) is 1. The summed E-state index contributed by atoms with van der Waals surface area (Å²) < 4.78 is 10.3. The molecule has 1 heterocycles. The molecule has 9 heteroatoms. The van der Waals surface area contributed by atoms with Crippen molar-refractivity contribution < 1.29 is 29.0 Å². The largest absolute Gasteiger partial charge is 0.497 e. The van der Waals surface area contributed by atoms with Crippen LogP contribution >= 0.6 is 0 Å². The van der Waals surface area contributed by atoms with E-state index in [1.165, 1.54) is 0 Å². The zero-order valence-corrected chi connectivity index (χ0v) is 18.3. The lowest BCUT2D eigenvalue weighted by Gasteiger charge is -2.24. The van der Waals surface area contributed by atoms with Crippen molar-refractivity contribution >= 4 is 17.9 Å². The summed E-state index contributed by atoms with van der Waals surface area (Å²) in [5.41, 5.74) is 0.788. The molecule has 0 aromatic heterocycles. The number of aliphatic hydroxyl groups excluding tert-OH is 1. The third-order valence-corrected chi connectivity index (χ3v) is 5.14. The van der Waals surface area contributed by atoms with Crippen LogP contribution in [0, 0.1) is 11.8 Å². The lowest BCUT2D eigenvalue weighted by molar-refractivity contribution is -0.126. The molecule has 31 heavy (non-hydrogen) atoms. The van der Waals surface area contributed by atoms with Crippen LogP contribution in [0.2, 0.25) is 0 Å². The fourth-order valence-corrected chi connectivity index (χ4v) is 3.45. The molecule has 1 aromatic carbocycles. The highest BCUT2D eigenvalue weighted by Gasteiger charge is 2.30. The van der Waals surface area contributed by atoms with Crippen molar-refractivity contribution in [3.63, 3.8) is 0 Å². The highest BCUT2D eigenvalue weighted by molar-refractivity contribution is 5.86. The van der Waals surface area contributed by atoms with E-state index in [2.05, 4.69) is 16.0 Å². The van der Waals surface area contributed by atoms with E-state index in [4.69, 9.17) is 9.47 Å². The lowest BCUT2D eigenvalue weighted by atomic mass is 9.97. The fraction of sp³-hybridized carbons (Fsp3) is 0.591. The van der Waals surface area contributed by atoms with Crippen LogP contribution in [-0.2, 0) is 20.9 Å². The van der Waals surface area contributed by atoms with Crippen molar-refractivity contribution in [3.05, 3.63) is 29.8 Å². The Kier molecular flexibility index (Phi) is 9.58. The molecule has 0 bridgehead atoms. The third kappa shape index (κ3) is 8.09. The second-order valence-corrected chi connectivity index (χ2v) is 8.15. The monoisotopic (exact) mass is 435 g/mol. The molecule has 1 saturated heterocycles. The van der Waals surface area contributed by atoms with Gasteiger partial charge in [-0.3, -0.25) is 9.59 Å². The highest BCUT2D eigenvalue weighted by atomic mass is 16.5. The number of amides is 3. The van der Waals surface area contributed by atoms with Gasteiger partial charge in [-0.2, -0.15) is 0 Å². The number of methoxy groups -OCH3 is 1. The molecule has 3 atom stereocenters. The van der Waals surface area contributed by atoms with Crippen molar-refractivity contribution in [1.29, 1.82) is 0 Å². The van der Waals surface area contributed by atoms with E-state index in [9.17, 15) is 19.5 Å². The predicted octanol–water partition coefficient (Wildman–Crippen LogP) is 1.34. The number of hydrogen-bond acceptors (Lipinski definition) is 6. The molecule has 0 radical (unpaired) electrons. The summed E-state index contributed by atoms with van der Waals surface area (Å²) in [5.74, 6) is 0.142. The number of benzene rings is 1. The van der Waals surface area contributed by atoms with Crippen LogP contribution in [0.25, 0.3) is 0 Å². The SMILES string of the molecule is COc1ccc(COC(=O)N[C@@H](CC(C)C)C(=O)N[C@H](CO)C[C@@H]2CCNC2=O)cc1. The second-order valence-electron chi connectivity index (χ2n) is 8.15. The molecular formula is C22H33N3O6. The van der Waals surface area contributed by atoms with Crippen molar-refractivity contribution in [2.24, 2.45) is 11.8 Å². The summed E-state index contributed by atoms with van der Waals surface area (Å²) in [6, 6.07) is 5.74. The van der Waals surface area contributed by atoms with Gasteiger partial charge in [-0.25, -0.2) is 4.79 Å². The van der Waals surface area contributed by atoms with Crippen LogP contribution in [0.5, 0.6) is 5.75 Å². The Morgan fingerprint density at radius 1 is 1.23 bits per heavy atom. The van der Waals surface area contributed by atoms with Gasteiger partial charge in [-0.05, 0) is 42.9 Å². The Balaban J connectivity index is 1.89. The smallest absolute Gasteiger partial charge is 0.408 e. The summed E-state index contributed by atoms with van der Waals surface area (Å²) in [7, 11) is 1.57. The van der Waals surface area contributed by atoms with E-state index in [1.807, 2.05) is 13.8 Å². The van der Waals surface area contributed by atoms with Crippen LogP contribution in [0.3, 0.4) is 0 Å². The van der Waals surface area contributed by atoms with Crippen molar-refractivity contribution in [2.45, 2.75) is 51.8 Å². The second kappa shape index (κ2) is 12.1. The van der Waals surface area contributed by atoms with Crippen LogP contribution in [0.15, 0.2) is 24.3 Å². The molecule has 0 spiro atoms. The van der Waals surface area contributed by atoms with Gasteiger partial charge in [0.15, 0.2) is 0 Å². The standard InChI is InChI=1S/C22H33N3O6/c1-14(2)10-19(21(28)24-17(12-26)11-16-8-9-23-20(16)27)25-22(29)31-13-15-4-6-18(30-3)7-5-15/h4-7,14,16-17,19,26H,8-13H2,1-3H3,(H,23,27)(H,24,28)(H,25,29)/t16-,17-,19-/m0/s1. The van der Waals surface area contributed by atoms with E-state index < -0.39 is 24.1 Å². The van der Waals surface area contributed by atoms with Gasteiger partial charge >= 0.3 is 6.09 Å². The average molecular weight is 436 g/mol. The number of rotatable bonds is 11. The highest BCUT2D eigenvalue weighted by Crippen LogP contribution is 2.17. The van der Waals surface area contributed by atoms with Crippen LogP contribution in [-0.4, -0.2) is 55.4 Å². The van der Waals surface area contributed by atoms with Crippen molar-refractivity contribution in [3.8, 4) is 5.75 Å². The fourth-order valence-electron chi connectivity index (χ4n) is 3.45. The predicted molar refractivity (Wildman–Crippen MR) is 114 cm³/mol. The van der Waals surface area contributed by atoms with Gasteiger partial charge in [-0.15, -0.1) is 0 Å². The van der Waals surface area contributed by atoms with Gasteiger partial charge in [0.25, 0.3) is 0 Å². The molecule has 172 valence electrons. The van der Waals surface area contributed by atoms with Gasteiger partial charge in [0.1, 0.15) is 18.4 Å². The molecule has 0 unspecified atom stereocenters. The molecular weight excluding hydrogens is 402 g/mol. The minimum atomic E-state index is -0.810. The summed E-state index contributed by atoms with van der Waals surface area (Å²) in [6.45, 7) is 4.26. The van der Waals surface area contributed by atoms with E-state index in [0.29, 0.717) is 31.6 Å². The van der Waals surface area contributed by atoms with Gasteiger partial charge in [0.05, 0.1) is 19.8 Å². The Labute approximate surface area is 182 Å². The Hall–Kier alpha value is -2.81. The van der Waals surface area contributed by atoms with E-state index in [-0.39, 0.29) is 31.0 Å². The Morgan fingerprint density at radius 2 is 1.94 bits per heavy atom. The quantitative estimate of drug-likeness (QED) is 0.416. The van der Waals surface area contributed by atoms with Gasteiger partial charge < -0.3 is 30.5 Å². The first-order valence-corrected chi connectivity index (χ1v) is 10.6. The summed E-state index contributed by atoms with van der Waals surface area (Å²) in [5, 5.41) is 17.8. The number of carbonyl (C=O) groups excluding carboxylic acids is 3. The first-order valence-electron chi connectivity index (χ1n) is 10.6. The molecule has 4 N–H and O–H groups in total. The molecule has 9 nitrogen and oxygen atoms in total. The summed E-state index contributed by atoms with van der Waals surface area (Å²) >= 11 is 0. The summed E-state index contributed by atoms with van der Waals surface area (Å²) in [6.07, 6.45) is 0.735. The van der Waals surface area contributed by atoms with Crippen molar-refractivity contribution in [1.82, 2.24) is 16.0 Å². The molecule has 1 aromatic rings. The third-order valence-electron chi connectivity index (χ3n) is 5.14. The molecule has 2 rings (SSSR count). The Bertz CT molecular complexity index is 737. The molecule has 1 fully saturated rings.